The molecule has 2 atom stereocenters. The number of hydrogen-bond donors (Lipinski definition) is 2. The van der Waals surface area contributed by atoms with Crippen LogP contribution in [0.1, 0.15) is 19.8 Å². The van der Waals surface area contributed by atoms with E-state index in [0.717, 1.165) is 13.1 Å². The third kappa shape index (κ3) is 2.67. The lowest BCUT2D eigenvalue weighted by Crippen LogP contribution is -2.48. The molecule has 0 aromatic rings. The first-order valence-corrected chi connectivity index (χ1v) is 4.85. The molecule has 1 rings (SSSR count). The predicted octanol–water partition coefficient (Wildman–Crippen LogP) is -0.456. The van der Waals surface area contributed by atoms with Crippen LogP contribution in [0, 0.1) is 0 Å². The van der Waals surface area contributed by atoms with Gasteiger partial charge < -0.3 is 11.1 Å². The van der Waals surface area contributed by atoms with Gasteiger partial charge in [0.2, 0.25) is 5.91 Å². The molecular formula is C9H19N3O. The Labute approximate surface area is 79.5 Å². The maximum atomic E-state index is 11.0. The third-order valence-corrected chi connectivity index (χ3v) is 2.80. The second-order valence-corrected chi connectivity index (χ2v) is 3.73. The first-order valence-electron chi connectivity index (χ1n) is 4.85. The Balaban J connectivity index is 2.41. The number of hydrogen-bond acceptors (Lipinski definition) is 3. The molecule has 1 amide bonds. The van der Waals surface area contributed by atoms with Crippen LogP contribution in [0.3, 0.4) is 0 Å². The molecule has 0 aromatic carbocycles. The zero-order chi connectivity index (χ0) is 9.84. The molecular weight excluding hydrogens is 166 g/mol. The minimum absolute atomic E-state index is 0.208. The van der Waals surface area contributed by atoms with Gasteiger partial charge in [0.05, 0.1) is 6.04 Å². The van der Waals surface area contributed by atoms with Gasteiger partial charge in [0.15, 0.2) is 0 Å². The summed E-state index contributed by atoms with van der Waals surface area (Å²) in [6, 6.07) is 0.385. The van der Waals surface area contributed by atoms with Gasteiger partial charge in [-0.25, -0.2) is 0 Å². The summed E-state index contributed by atoms with van der Waals surface area (Å²) in [5, 5.41) is 2.93. The van der Waals surface area contributed by atoms with E-state index in [0.29, 0.717) is 6.04 Å². The van der Waals surface area contributed by atoms with Crippen molar-refractivity contribution in [2.24, 2.45) is 5.73 Å². The minimum atomic E-state index is -0.262. The van der Waals surface area contributed by atoms with E-state index in [1.165, 1.54) is 12.8 Å². The molecule has 0 spiro atoms. The Kier molecular flexibility index (Phi) is 3.69. The Morgan fingerprint density at radius 3 is 2.85 bits per heavy atom. The number of rotatable bonds is 4. The van der Waals surface area contributed by atoms with Crippen molar-refractivity contribution >= 4 is 5.91 Å². The zero-order valence-electron chi connectivity index (χ0n) is 8.42. The normalized spacial score (nSPS) is 26.2. The van der Waals surface area contributed by atoms with Crippen molar-refractivity contribution in [1.29, 1.82) is 0 Å². The van der Waals surface area contributed by atoms with Gasteiger partial charge in [-0.05, 0) is 33.4 Å². The number of nitrogens with zero attached hydrogens (tertiary/aromatic N) is 1. The van der Waals surface area contributed by atoms with Crippen molar-refractivity contribution in [2.45, 2.75) is 31.8 Å². The van der Waals surface area contributed by atoms with Crippen LogP contribution in [-0.2, 0) is 4.79 Å². The molecule has 3 N–H and O–H groups in total. The van der Waals surface area contributed by atoms with Gasteiger partial charge in [-0.1, -0.05) is 0 Å². The number of nitrogens with one attached hydrogen (secondary N) is 1. The fourth-order valence-corrected chi connectivity index (χ4v) is 1.82. The van der Waals surface area contributed by atoms with Crippen LogP contribution < -0.4 is 11.1 Å². The molecule has 0 radical (unpaired) electrons. The second kappa shape index (κ2) is 4.58. The summed E-state index contributed by atoms with van der Waals surface area (Å²) in [5.74, 6) is -0.262. The van der Waals surface area contributed by atoms with E-state index in [2.05, 4.69) is 17.1 Å². The molecule has 4 heteroatoms. The second-order valence-electron chi connectivity index (χ2n) is 3.73. The third-order valence-electron chi connectivity index (χ3n) is 2.80. The molecule has 1 saturated heterocycles. The molecule has 76 valence electrons. The molecule has 1 aliphatic rings. The Bertz CT molecular complexity index is 184. The number of primary amides is 1. The van der Waals surface area contributed by atoms with Crippen molar-refractivity contribution in [3.8, 4) is 0 Å². The number of amides is 1. The first-order chi connectivity index (χ1) is 6.15. The quantitative estimate of drug-likeness (QED) is 0.623. The molecule has 0 aromatic heterocycles. The Hall–Kier alpha value is -0.610. The van der Waals surface area contributed by atoms with Gasteiger partial charge in [-0.3, -0.25) is 9.69 Å². The van der Waals surface area contributed by atoms with E-state index in [1.807, 2.05) is 0 Å². The van der Waals surface area contributed by atoms with Gasteiger partial charge in [0, 0.05) is 12.6 Å². The summed E-state index contributed by atoms with van der Waals surface area (Å²) in [7, 11) is 1.77. The van der Waals surface area contributed by atoms with E-state index in [-0.39, 0.29) is 11.9 Å². The summed E-state index contributed by atoms with van der Waals surface area (Å²) in [6.07, 6.45) is 2.46. The summed E-state index contributed by atoms with van der Waals surface area (Å²) in [4.78, 5) is 13.3. The van der Waals surface area contributed by atoms with Crippen molar-refractivity contribution in [3.63, 3.8) is 0 Å². The van der Waals surface area contributed by atoms with Crippen LogP contribution in [0.25, 0.3) is 0 Å². The molecule has 0 bridgehead atoms. The lowest BCUT2D eigenvalue weighted by molar-refractivity contribution is -0.120. The van der Waals surface area contributed by atoms with E-state index < -0.39 is 0 Å². The first kappa shape index (κ1) is 10.5. The highest BCUT2D eigenvalue weighted by Gasteiger charge is 2.24. The number of carbonyl (C=O) groups is 1. The minimum Gasteiger partial charge on any atom is -0.368 e. The van der Waals surface area contributed by atoms with Crippen molar-refractivity contribution < 1.29 is 4.79 Å². The predicted molar refractivity (Wildman–Crippen MR) is 52.3 cm³/mol. The summed E-state index contributed by atoms with van der Waals surface area (Å²) >= 11 is 0. The topological polar surface area (TPSA) is 58.4 Å². The van der Waals surface area contributed by atoms with Crippen LogP contribution in [0.15, 0.2) is 0 Å². The fourth-order valence-electron chi connectivity index (χ4n) is 1.82. The zero-order valence-corrected chi connectivity index (χ0v) is 8.42. The molecule has 0 saturated carbocycles. The highest BCUT2D eigenvalue weighted by molar-refractivity contribution is 5.80. The highest BCUT2D eigenvalue weighted by atomic mass is 16.1. The molecule has 4 nitrogen and oxygen atoms in total. The van der Waals surface area contributed by atoms with E-state index in [1.54, 1.807) is 7.05 Å². The van der Waals surface area contributed by atoms with E-state index in [9.17, 15) is 4.79 Å². The monoisotopic (exact) mass is 185 g/mol. The SMILES string of the molecule is CNC(CN1CCCC1C)C(N)=O. The summed E-state index contributed by atoms with van der Waals surface area (Å²) in [5.41, 5.74) is 5.24. The number of likely N-dealkylation sites (tertiary alicyclic amines) is 1. The summed E-state index contributed by atoms with van der Waals surface area (Å²) < 4.78 is 0. The largest absolute Gasteiger partial charge is 0.368 e. The van der Waals surface area contributed by atoms with Crippen molar-refractivity contribution in [3.05, 3.63) is 0 Å². The lowest BCUT2D eigenvalue weighted by atomic mass is 10.2. The Morgan fingerprint density at radius 1 is 1.77 bits per heavy atom. The summed E-state index contributed by atoms with van der Waals surface area (Å²) in [6.45, 7) is 4.03. The molecule has 1 heterocycles. The number of nitrogens with two attached hydrogens (primary N) is 1. The van der Waals surface area contributed by atoms with E-state index >= 15 is 0 Å². The molecule has 0 aliphatic carbocycles. The van der Waals surface area contributed by atoms with Gasteiger partial charge >= 0.3 is 0 Å². The molecule has 1 fully saturated rings. The van der Waals surface area contributed by atoms with Gasteiger partial charge in [0.1, 0.15) is 0 Å². The van der Waals surface area contributed by atoms with Crippen molar-refractivity contribution in [2.75, 3.05) is 20.1 Å². The smallest absolute Gasteiger partial charge is 0.235 e. The molecule has 1 aliphatic heterocycles. The maximum absolute atomic E-state index is 11.0. The lowest BCUT2D eigenvalue weighted by Gasteiger charge is -2.24. The van der Waals surface area contributed by atoms with Crippen LogP contribution in [0.5, 0.6) is 0 Å². The average molecular weight is 185 g/mol. The van der Waals surface area contributed by atoms with Crippen molar-refractivity contribution in [1.82, 2.24) is 10.2 Å². The van der Waals surface area contributed by atoms with Gasteiger partial charge in [0.25, 0.3) is 0 Å². The van der Waals surface area contributed by atoms with Crippen LogP contribution in [-0.4, -0.2) is 43.0 Å². The molecule has 13 heavy (non-hydrogen) atoms. The van der Waals surface area contributed by atoms with Crippen LogP contribution in [0.2, 0.25) is 0 Å². The number of likely N-dealkylation sites (N-methyl/N-ethyl adjacent to an activating group) is 1. The average Bonchev–Trinajstić information content (AvgIpc) is 2.46. The fraction of sp³-hybridized carbons (Fsp3) is 0.889. The van der Waals surface area contributed by atoms with E-state index in [4.69, 9.17) is 5.73 Å². The Morgan fingerprint density at radius 2 is 2.46 bits per heavy atom. The molecule has 2 unspecified atom stereocenters. The highest BCUT2D eigenvalue weighted by Crippen LogP contribution is 2.15. The van der Waals surface area contributed by atoms with Gasteiger partial charge in [-0.15, -0.1) is 0 Å². The van der Waals surface area contributed by atoms with Crippen LogP contribution >= 0.6 is 0 Å². The maximum Gasteiger partial charge on any atom is 0.235 e. The number of carbonyl (C=O) groups excluding carboxylic acids is 1. The van der Waals surface area contributed by atoms with Crippen LogP contribution in [0.4, 0.5) is 0 Å². The van der Waals surface area contributed by atoms with Gasteiger partial charge in [-0.2, -0.15) is 0 Å². The standard InChI is InChI=1S/C9H19N3O/c1-7-4-3-5-12(7)6-8(11-2)9(10)13/h7-8,11H,3-6H2,1-2H3,(H2,10,13).